The molecule has 148 valence electrons. The Labute approximate surface area is 170 Å². The summed E-state index contributed by atoms with van der Waals surface area (Å²) in [4.78, 5) is 2.42. The minimum absolute atomic E-state index is 0.284. The Morgan fingerprint density at radius 2 is 1.45 bits per heavy atom. The van der Waals surface area contributed by atoms with Crippen LogP contribution in [0.25, 0.3) is 0 Å². The number of halogens is 1. The first-order valence-corrected chi connectivity index (χ1v) is 9.82. The predicted octanol–water partition coefficient (Wildman–Crippen LogP) is 6.59. The summed E-state index contributed by atoms with van der Waals surface area (Å²) in [6, 6.07) is 20.2. The van der Waals surface area contributed by atoms with E-state index >= 15 is 0 Å². The summed E-state index contributed by atoms with van der Waals surface area (Å²) >= 11 is 0. The molecule has 1 aliphatic rings. The monoisotopic (exact) mass is 389 g/mol. The van der Waals surface area contributed by atoms with Crippen LogP contribution in [0, 0.1) is 12.7 Å². The van der Waals surface area contributed by atoms with Gasteiger partial charge in [0, 0.05) is 18.8 Å². The minimum Gasteiger partial charge on any atom is -0.372 e. The summed E-state index contributed by atoms with van der Waals surface area (Å²) in [6.45, 7) is 4.31. The highest BCUT2D eigenvalue weighted by Crippen LogP contribution is 2.25. The van der Waals surface area contributed by atoms with Crippen LogP contribution in [0.1, 0.15) is 18.4 Å². The average Bonchev–Trinajstić information content (AvgIpc) is 3.28. The first-order valence-electron chi connectivity index (χ1n) is 9.82. The molecule has 1 fully saturated rings. The van der Waals surface area contributed by atoms with Gasteiger partial charge in [0.25, 0.3) is 0 Å². The van der Waals surface area contributed by atoms with Crippen LogP contribution in [0.2, 0.25) is 0 Å². The van der Waals surface area contributed by atoms with Crippen molar-refractivity contribution in [2.45, 2.75) is 19.8 Å². The average molecular weight is 389 g/mol. The molecule has 0 amide bonds. The number of azo groups is 1. The number of nitrogens with one attached hydrogen (secondary N) is 2. The SMILES string of the molecule is Cc1cc(/N=N/c2ccc(F)cc2)ccc1NNc1ccc(N2CCCC2)cc1. The molecule has 0 spiro atoms. The molecular weight excluding hydrogens is 365 g/mol. The molecule has 29 heavy (non-hydrogen) atoms. The number of nitrogens with zero attached hydrogens (tertiary/aromatic N) is 3. The van der Waals surface area contributed by atoms with Gasteiger partial charge < -0.3 is 15.8 Å². The van der Waals surface area contributed by atoms with Crippen LogP contribution < -0.4 is 15.8 Å². The van der Waals surface area contributed by atoms with Crippen molar-refractivity contribution < 1.29 is 4.39 Å². The standard InChI is InChI=1S/C23H24FN5/c1-17-16-21(27-25-19-6-4-18(24)5-7-19)10-13-23(17)28-26-20-8-11-22(12-9-20)29-14-2-3-15-29/h4-13,16,26,28H,2-3,14-15H2,1H3/b27-25+. The third-order valence-electron chi connectivity index (χ3n) is 5.00. The van der Waals surface area contributed by atoms with E-state index in [9.17, 15) is 4.39 Å². The van der Waals surface area contributed by atoms with E-state index in [1.54, 1.807) is 12.1 Å². The lowest BCUT2D eigenvalue weighted by Crippen LogP contribution is -2.17. The Hall–Kier alpha value is -3.41. The summed E-state index contributed by atoms with van der Waals surface area (Å²) in [6.07, 6.45) is 2.56. The topological polar surface area (TPSA) is 52.0 Å². The van der Waals surface area contributed by atoms with E-state index in [0.29, 0.717) is 5.69 Å². The van der Waals surface area contributed by atoms with Crippen LogP contribution >= 0.6 is 0 Å². The Kier molecular flexibility index (Phi) is 5.70. The minimum atomic E-state index is -0.284. The van der Waals surface area contributed by atoms with Crippen LogP contribution in [-0.2, 0) is 0 Å². The van der Waals surface area contributed by atoms with Gasteiger partial charge in [0.05, 0.1) is 22.7 Å². The number of anilines is 3. The molecule has 0 atom stereocenters. The predicted molar refractivity (Wildman–Crippen MR) is 117 cm³/mol. The lowest BCUT2D eigenvalue weighted by atomic mass is 10.2. The van der Waals surface area contributed by atoms with Crippen molar-refractivity contribution in [2.75, 3.05) is 28.8 Å². The summed E-state index contributed by atoms with van der Waals surface area (Å²) < 4.78 is 12.9. The van der Waals surface area contributed by atoms with Gasteiger partial charge in [-0.1, -0.05) is 0 Å². The fraction of sp³-hybridized carbons (Fsp3) is 0.217. The van der Waals surface area contributed by atoms with Gasteiger partial charge in [-0.2, -0.15) is 10.2 Å². The highest BCUT2D eigenvalue weighted by molar-refractivity contribution is 5.62. The number of hydrogen-bond acceptors (Lipinski definition) is 5. The molecule has 1 aliphatic heterocycles. The lowest BCUT2D eigenvalue weighted by molar-refractivity contribution is 0.628. The Bertz CT molecular complexity index is 977. The molecule has 0 unspecified atom stereocenters. The van der Waals surface area contributed by atoms with Gasteiger partial charge in [0.15, 0.2) is 0 Å². The maximum absolute atomic E-state index is 12.9. The van der Waals surface area contributed by atoms with Crippen LogP contribution in [-0.4, -0.2) is 13.1 Å². The molecule has 3 aromatic rings. The summed E-state index contributed by atoms with van der Waals surface area (Å²) in [5.74, 6) is -0.284. The van der Waals surface area contributed by atoms with Gasteiger partial charge in [-0.3, -0.25) is 0 Å². The first-order chi connectivity index (χ1) is 14.2. The summed E-state index contributed by atoms with van der Waals surface area (Å²) in [7, 11) is 0. The fourth-order valence-corrected chi connectivity index (χ4v) is 3.34. The van der Waals surface area contributed by atoms with E-state index in [4.69, 9.17) is 0 Å². The van der Waals surface area contributed by atoms with Gasteiger partial charge in [-0.25, -0.2) is 4.39 Å². The quantitative estimate of drug-likeness (QED) is 0.369. The lowest BCUT2D eigenvalue weighted by Gasteiger charge is -2.18. The van der Waals surface area contributed by atoms with Crippen molar-refractivity contribution in [3.8, 4) is 0 Å². The first kappa shape index (κ1) is 18.9. The highest BCUT2D eigenvalue weighted by Gasteiger charge is 2.11. The molecule has 1 heterocycles. The molecule has 0 aliphatic carbocycles. The zero-order chi connectivity index (χ0) is 20.1. The molecular formula is C23H24FN5. The van der Waals surface area contributed by atoms with E-state index in [0.717, 1.165) is 35.7 Å². The third-order valence-corrected chi connectivity index (χ3v) is 5.00. The van der Waals surface area contributed by atoms with E-state index in [1.807, 2.05) is 25.1 Å². The van der Waals surface area contributed by atoms with Crippen molar-refractivity contribution in [2.24, 2.45) is 10.2 Å². The number of hydrogen-bond donors (Lipinski definition) is 2. The molecule has 6 heteroatoms. The normalized spacial score (nSPS) is 13.8. The summed E-state index contributed by atoms with van der Waals surface area (Å²) in [5.41, 5.74) is 12.1. The Balaban J connectivity index is 1.36. The zero-order valence-corrected chi connectivity index (χ0v) is 16.4. The zero-order valence-electron chi connectivity index (χ0n) is 16.4. The highest BCUT2D eigenvalue weighted by atomic mass is 19.1. The van der Waals surface area contributed by atoms with E-state index in [1.165, 1.54) is 30.7 Å². The largest absolute Gasteiger partial charge is 0.372 e. The molecule has 1 saturated heterocycles. The summed E-state index contributed by atoms with van der Waals surface area (Å²) in [5, 5.41) is 8.36. The molecule has 0 aromatic heterocycles. The van der Waals surface area contributed by atoms with Crippen LogP contribution in [0.3, 0.4) is 0 Å². The Morgan fingerprint density at radius 3 is 2.14 bits per heavy atom. The van der Waals surface area contributed by atoms with Gasteiger partial charge in [-0.15, -0.1) is 0 Å². The van der Waals surface area contributed by atoms with Crippen molar-refractivity contribution in [3.05, 3.63) is 78.1 Å². The van der Waals surface area contributed by atoms with E-state index in [2.05, 4.69) is 50.2 Å². The van der Waals surface area contributed by atoms with Crippen LogP contribution in [0.15, 0.2) is 77.0 Å². The number of benzene rings is 3. The van der Waals surface area contributed by atoms with Crippen molar-refractivity contribution >= 4 is 28.4 Å². The molecule has 0 saturated carbocycles. The number of hydrazine groups is 1. The molecule has 2 N–H and O–H groups in total. The van der Waals surface area contributed by atoms with Crippen LogP contribution in [0.4, 0.5) is 32.8 Å². The van der Waals surface area contributed by atoms with Crippen molar-refractivity contribution in [3.63, 3.8) is 0 Å². The molecule has 3 aromatic carbocycles. The van der Waals surface area contributed by atoms with Crippen LogP contribution in [0.5, 0.6) is 0 Å². The second-order valence-corrected chi connectivity index (χ2v) is 7.17. The second-order valence-electron chi connectivity index (χ2n) is 7.17. The molecule has 0 radical (unpaired) electrons. The van der Waals surface area contributed by atoms with E-state index in [-0.39, 0.29) is 5.82 Å². The van der Waals surface area contributed by atoms with Gasteiger partial charge in [-0.05, 0) is 92.1 Å². The van der Waals surface area contributed by atoms with Gasteiger partial charge in [0.2, 0.25) is 0 Å². The van der Waals surface area contributed by atoms with Gasteiger partial charge in [0.1, 0.15) is 5.82 Å². The molecule has 5 nitrogen and oxygen atoms in total. The smallest absolute Gasteiger partial charge is 0.123 e. The number of aryl methyl sites for hydroxylation is 1. The molecule has 4 rings (SSSR count). The maximum atomic E-state index is 12.9. The third kappa shape index (κ3) is 4.90. The fourth-order valence-electron chi connectivity index (χ4n) is 3.34. The molecule has 0 bridgehead atoms. The maximum Gasteiger partial charge on any atom is 0.123 e. The second kappa shape index (κ2) is 8.73. The number of rotatable bonds is 6. The van der Waals surface area contributed by atoms with Crippen molar-refractivity contribution in [1.82, 2.24) is 0 Å². The Morgan fingerprint density at radius 1 is 0.793 bits per heavy atom. The van der Waals surface area contributed by atoms with Gasteiger partial charge >= 0.3 is 0 Å². The van der Waals surface area contributed by atoms with E-state index < -0.39 is 0 Å². The van der Waals surface area contributed by atoms with Crippen molar-refractivity contribution in [1.29, 1.82) is 0 Å².